The van der Waals surface area contributed by atoms with Crippen molar-refractivity contribution >= 4 is 23.5 Å². The molecule has 0 aromatic heterocycles. The SMILES string of the molecule is O=C(OC(c1ccccc1)c1ccccc1)c1ccc(N2C(=O)[C@H]3CC=CC[C@@H]3C2=O)cc1. The maximum absolute atomic E-state index is 13.0. The molecule has 0 unspecified atom stereocenters. The second-order valence-corrected chi connectivity index (χ2v) is 8.32. The minimum atomic E-state index is -0.545. The first-order valence-corrected chi connectivity index (χ1v) is 11.1. The number of hydrogen-bond donors (Lipinski definition) is 0. The summed E-state index contributed by atoms with van der Waals surface area (Å²) in [5.74, 6) is -1.39. The molecular weight excluding hydrogens is 414 g/mol. The van der Waals surface area contributed by atoms with E-state index in [1.165, 1.54) is 4.90 Å². The van der Waals surface area contributed by atoms with Gasteiger partial charge in [-0.1, -0.05) is 72.8 Å². The third kappa shape index (κ3) is 3.98. The molecule has 1 aliphatic carbocycles. The largest absolute Gasteiger partial charge is 0.449 e. The van der Waals surface area contributed by atoms with Gasteiger partial charge in [-0.05, 0) is 48.2 Å². The highest BCUT2D eigenvalue weighted by molar-refractivity contribution is 6.22. The van der Waals surface area contributed by atoms with Crippen molar-refractivity contribution in [1.82, 2.24) is 0 Å². The molecule has 0 saturated carbocycles. The van der Waals surface area contributed by atoms with E-state index in [-0.39, 0.29) is 23.7 Å². The van der Waals surface area contributed by atoms with Crippen molar-refractivity contribution in [3.8, 4) is 0 Å². The lowest BCUT2D eigenvalue weighted by molar-refractivity contribution is -0.122. The highest BCUT2D eigenvalue weighted by Crippen LogP contribution is 2.37. The number of hydrogen-bond acceptors (Lipinski definition) is 4. The summed E-state index contributed by atoms with van der Waals surface area (Å²) in [6.07, 6.45) is 4.57. The minimum absolute atomic E-state index is 0.169. The van der Waals surface area contributed by atoms with E-state index in [2.05, 4.69) is 0 Å². The van der Waals surface area contributed by atoms with Crippen LogP contribution < -0.4 is 4.90 Å². The van der Waals surface area contributed by atoms with Crippen LogP contribution >= 0.6 is 0 Å². The third-order valence-corrected chi connectivity index (χ3v) is 6.30. The molecule has 164 valence electrons. The summed E-state index contributed by atoms with van der Waals surface area (Å²) in [6.45, 7) is 0. The number of fused-ring (bicyclic) bond motifs is 1. The number of carbonyl (C=O) groups excluding carboxylic acids is 3. The summed E-state index contributed by atoms with van der Waals surface area (Å²) >= 11 is 0. The molecule has 2 aliphatic rings. The molecule has 1 heterocycles. The van der Waals surface area contributed by atoms with Crippen LogP contribution in [-0.2, 0) is 14.3 Å². The summed E-state index contributed by atoms with van der Waals surface area (Å²) in [5.41, 5.74) is 2.59. The van der Waals surface area contributed by atoms with Gasteiger partial charge in [-0.15, -0.1) is 0 Å². The normalized spacial score (nSPS) is 19.6. The van der Waals surface area contributed by atoms with Crippen molar-refractivity contribution in [3.05, 3.63) is 114 Å². The summed E-state index contributed by atoms with van der Waals surface area (Å²) in [7, 11) is 0. The maximum atomic E-state index is 13.0. The zero-order valence-electron chi connectivity index (χ0n) is 18.0. The predicted octanol–water partition coefficient (Wildman–Crippen LogP) is 5.09. The van der Waals surface area contributed by atoms with Gasteiger partial charge in [-0.2, -0.15) is 0 Å². The fourth-order valence-electron chi connectivity index (χ4n) is 4.56. The zero-order valence-corrected chi connectivity index (χ0v) is 18.0. The lowest BCUT2D eigenvalue weighted by Gasteiger charge is -2.19. The van der Waals surface area contributed by atoms with Crippen molar-refractivity contribution in [2.75, 3.05) is 4.90 Å². The van der Waals surface area contributed by atoms with Gasteiger partial charge in [0.2, 0.25) is 11.8 Å². The maximum Gasteiger partial charge on any atom is 0.339 e. The number of anilines is 1. The van der Waals surface area contributed by atoms with Crippen LogP contribution in [0.4, 0.5) is 5.69 Å². The number of benzene rings is 3. The Morgan fingerprint density at radius 3 is 1.70 bits per heavy atom. The van der Waals surface area contributed by atoms with Crippen LogP contribution in [0.1, 0.15) is 40.4 Å². The zero-order chi connectivity index (χ0) is 22.8. The molecule has 5 rings (SSSR count). The molecule has 0 spiro atoms. The first-order chi connectivity index (χ1) is 16.1. The number of carbonyl (C=O) groups is 3. The average molecular weight is 437 g/mol. The van der Waals surface area contributed by atoms with E-state index in [9.17, 15) is 14.4 Å². The Balaban J connectivity index is 1.36. The number of nitrogens with zero attached hydrogens (tertiary/aromatic N) is 1. The lowest BCUT2D eigenvalue weighted by atomic mass is 9.85. The van der Waals surface area contributed by atoms with E-state index in [1.54, 1.807) is 24.3 Å². The third-order valence-electron chi connectivity index (χ3n) is 6.30. The Kier molecular flexibility index (Phi) is 5.61. The van der Waals surface area contributed by atoms with E-state index < -0.39 is 12.1 Å². The number of ether oxygens (including phenoxy) is 1. The van der Waals surface area contributed by atoms with Gasteiger partial charge in [-0.25, -0.2) is 4.79 Å². The second-order valence-electron chi connectivity index (χ2n) is 8.32. The van der Waals surface area contributed by atoms with Gasteiger partial charge in [-0.3, -0.25) is 14.5 Å². The monoisotopic (exact) mass is 437 g/mol. The van der Waals surface area contributed by atoms with Crippen molar-refractivity contribution in [2.45, 2.75) is 18.9 Å². The Morgan fingerprint density at radius 2 is 1.21 bits per heavy atom. The van der Waals surface area contributed by atoms with E-state index in [0.717, 1.165) is 11.1 Å². The molecule has 2 amide bonds. The first kappa shape index (κ1) is 20.9. The van der Waals surface area contributed by atoms with Crippen LogP contribution in [0.25, 0.3) is 0 Å². The van der Waals surface area contributed by atoms with Crippen LogP contribution in [0.2, 0.25) is 0 Å². The molecule has 1 fully saturated rings. The van der Waals surface area contributed by atoms with Crippen molar-refractivity contribution in [1.29, 1.82) is 0 Å². The first-order valence-electron chi connectivity index (χ1n) is 11.1. The molecule has 0 radical (unpaired) electrons. The van der Waals surface area contributed by atoms with Crippen molar-refractivity contribution in [2.24, 2.45) is 11.8 Å². The van der Waals surface area contributed by atoms with Crippen LogP contribution in [0, 0.1) is 11.8 Å². The van der Waals surface area contributed by atoms with E-state index in [1.807, 2.05) is 72.8 Å². The summed E-state index contributed by atoms with van der Waals surface area (Å²) in [5, 5.41) is 0. The summed E-state index contributed by atoms with van der Waals surface area (Å²) in [4.78, 5) is 39.9. The Morgan fingerprint density at radius 1 is 0.727 bits per heavy atom. The van der Waals surface area contributed by atoms with Crippen LogP contribution in [0.5, 0.6) is 0 Å². The fourth-order valence-corrected chi connectivity index (χ4v) is 4.56. The van der Waals surface area contributed by atoms with E-state index in [0.29, 0.717) is 24.1 Å². The van der Waals surface area contributed by atoms with Crippen molar-refractivity contribution < 1.29 is 19.1 Å². The number of imide groups is 1. The van der Waals surface area contributed by atoms with Crippen molar-refractivity contribution in [3.63, 3.8) is 0 Å². The van der Waals surface area contributed by atoms with Gasteiger partial charge in [0.05, 0.1) is 23.1 Å². The molecule has 0 N–H and O–H groups in total. The summed E-state index contributed by atoms with van der Waals surface area (Å²) < 4.78 is 5.90. The van der Waals surface area contributed by atoms with Crippen LogP contribution in [0.3, 0.4) is 0 Å². The highest BCUT2D eigenvalue weighted by atomic mass is 16.5. The highest BCUT2D eigenvalue weighted by Gasteiger charge is 2.47. The molecule has 3 aromatic rings. The Bertz CT molecular complexity index is 1140. The predicted molar refractivity (Wildman–Crippen MR) is 124 cm³/mol. The summed E-state index contributed by atoms with van der Waals surface area (Å²) in [6, 6.07) is 25.6. The minimum Gasteiger partial charge on any atom is -0.449 e. The number of rotatable bonds is 5. The van der Waals surface area contributed by atoms with Crippen LogP contribution in [-0.4, -0.2) is 17.8 Å². The van der Waals surface area contributed by atoms with E-state index >= 15 is 0 Å². The molecule has 5 nitrogen and oxygen atoms in total. The molecule has 33 heavy (non-hydrogen) atoms. The quantitative estimate of drug-likeness (QED) is 0.317. The number of allylic oxidation sites excluding steroid dienone is 2. The number of amides is 2. The molecule has 1 aliphatic heterocycles. The topological polar surface area (TPSA) is 63.7 Å². The second kappa shape index (κ2) is 8.87. The van der Waals surface area contributed by atoms with Gasteiger partial charge in [0.15, 0.2) is 6.10 Å². The van der Waals surface area contributed by atoms with Crippen LogP contribution in [0.15, 0.2) is 97.1 Å². The lowest BCUT2D eigenvalue weighted by Crippen LogP contribution is -2.30. The fraction of sp³-hybridized carbons (Fsp3) is 0.179. The molecule has 0 bridgehead atoms. The van der Waals surface area contributed by atoms with Gasteiger partial charge >= 0.3 is 5.97 Å². The van der Waals surface area contributed by atoms with Gasteiger partial charge in [0, 0.05) is 0 Å². The molecule has 5 heteroatoms. The van der Waals surface area contributed by atoms with Gasteiger partial charge < -0.3 is 4.74 Å². The molecular formula is C28H23NO4. The number of esters is 1. The average Bonchev–Trinajstić information content (AvgIpc) is 3.13. The Labute approximate surface area is 192 Å². The van der Waals surface area contributed by atoms with E-state index in [4.69, 9.17) is 4.74 Å². The molecule has 2 atom stereocenters. The molecule has 1 saturated heterocycles. The van der Waals surface area contributed by atoms with Gasteiger partial charge in [0.1, 0.15) is 0 Å². The molecule has 3 aromatic carbocycles. The Hall–Kier alpha value is -3.99. The van der Waals surface area contributed by atoms with Gasteiger partial charge in [0.25, 0.3) is 0 Å². The smallest absolute Gasteiger partial charge is 0.339 e. The standard InChI is InChI=1S/C28H23NO4/c30-26-23-13-7-8-14-24(23)27(31)29(26)22-17-15-21(16-18-22)28(32)33-25(19-9-3-1-4-10-19)20-11-5-2-6-12-20/h1-12,15-18,23-25H,13-14H2/t23-,24-/m0/s1.